The van der Waals surface area contributed by atoms with E-state index >= 15 is 0 Å². The van der Waals surface area contributed by atoms with Crippen molar-refractivity contribution in [1.82, 2.24) is 0 Å². The van der Waals surface area contributed by atoms with Crippen molar-refractivity contribution in [2.75, 3.05) is 13.2 Å². The van der Waals surface area contributed by atoms with Crippen molar-refractivity contribution in [2.24, 2.45) is 0 Å². The average molecular weight is 991 g/mol. The molecule has 0 heterocycles. The number of allylic oxidation sites excluding steroid dienone is 16. The lowest BCUT2D eigenvalue weighted by Gasteiger charge is -2.41. The first-order chi connectivity index (χ1) is 33.4. The summed E-state index contributed by atoms with van der Waals surface area (Å²) in [6, 6.07) is 0. The second-order valence-electron chi connectivity index (χ2n) is 17.7. The summed E-state index contributed by atoms with van der Waals surface area (Å²) in [6.45, 7) is 3.20. The van der Waals surface area contributed by atoms with Crippen LogP contribution in [0.3, 0.4) is 0 Å². The van der Waals surface area contributed by atoms with Crippen LogP contribution in [0.1, 0.15) is 181 Å². The smallest absolute Gasteiger partial charge is 0.462 e. The zero-order valence-electron chi connectivity index (χ0n) is 42.1. The number of esters is 2. The number of ether oxygens (including phenoxy) is 2. The molecule has 0 saturated heterocycles. The van der Waals surface area contributed by atoms with E-state index < -0.39 is 75.7 Å². The second kappa shape index (κ2) is 43.5. The number of unbranched alkanes of at least 4 members (excludes halogenated alkanes) is 14. The van der Waals surface area contributed by atoms with Crippen LogP contribution >= 0.6 is 7.82 Å². The molecule has 1 saturated carbocycles. The minimum atomic E-state index is -5.15. The van der Waals surface area contributed by atoms with E-state index in [0.717, 1.165) is 70.6 Å². The van der Waals surface area contributed by atoms with Gasteiger partial charge in [-0.3, -0.25) is 18.6 Å². The van der Waals surface area contributed by atoms with E-state index in [1.54, 1.807) is 0 Å². The van der Waals surface area contributed by atoms with Gasteiger partial charge in [-0.25, -0.2) is 4.57 Å². The lowest BCUT2D eigenvalue weighted by molar-refractivity contribution is -0.220. The normalized spacial score (nSPS) is 21.7. The molecule has 0 spiro atoms. The van der Waals surface area contributed by atoms with E-state index in [2.05, 4.69) is 98.9 Å². The molecule has 0 aliphatic heterocycles. The van der Waals surface area contributed by atoms with E-state index in [4.69, 9.17) is 18.5 Å². The van der Waals surface area contributed by atoms with Gasteiger partial charge in [0.05, 0.1) is 6.61 Å². The molecule has 1 aliphatic rings. The molecular weight excluding hydrogens is 900 g/mol. The topological polar surface area (TPSA) is 210 Å². The number of hydrogen-bond donors (Lipinski definition) is 6. The quantitative estimate of drug-likeness (QED) is 0.0146. The number of aliphatic hydroxyl groups excluding tert-OH is 5. The summed E-state index contributed by atoms with van der Waals surface area (Å²) in [7, 11) is -5.15. The van der Waals surface area contributed by atoms with Gasteiger partial charge in [-0.2, -0.15) is 0 Å². The van der Waals surface area contributed by atoms with Gasteiger partial charge in [0.1, 0.15) is 43.2 Å². The van der Waals surface area contributed by atoms with Crippen LogP contribution < -0.4 is 0 Å². The molecule has 69 heavy (non-hydrogen) atoms. The van der Waals surface area contributed by atoms with Gasteiger partial charge in [-0.1, -0.05) is 169 Å². The van der Waals surface area contributed by atoms with Crippen LogP contribution in [0, 0.1) is 0 Å². The maximum atomic E-state index is 12.9. The van der Waals surface area contributed by atoms with Crippen molar-refractivity contribution >= 4 is 19.8 Å². The second-order valence-corrected chi connectivity index (χ2v) is 19.1. The third kappa shape index (κ3) is 35.5. The Hall–Kier alpha value is -3.23. The van der Waals surface area contributed by atoms with Gasteiger partial charge in [0, 0.05) is 12.8 Å². The maximum absolute atomic E-state index is 12.9. The molecule has 1 aliphatic carbocycles. The van der Waals surface area contributed by atoms with Crippen LogP contribution in [-0.2, 0) is 32.7 Å². The van der Waals surface area contributed by atoms with Gasteiger partial charge < -0.3 is 39.9 Å². The minimum absolute atomic E-state index is 0.00814. The Morgan fingerprint density at radius 2 is 0.797 bits per heavy atom. The predicted octanol–water partition coefficient (Wildman–Crippen LogP) is 11.4. The van der Waals surface area contributed by atoms with Crippen molar-refractivity contribution in [1.29, 1.82) is 0 Å². The van der Waals surface area contributed by atoms with E-state index in [1.807, 2.05) is 12.2 Å². The number of phosphoric ester groups is 1. The van der Waals surface area contributed by atoms with Crippen molar-refractivity contribution in [3.8, 4) is 0 Å². The molecule has 6 unspecified atom stereocenters. The Morgan fingerprint density at radius 1 is 0.449 bits per heavy atom. The van der Waals surface area contributed by atoms with Gasteiger partial charge in [0.2, 0.25) is 0 Å². The maximum Gasteiger partial charge on any atom is 0.472 e. The third-order valence-corrected chi connectivity index (χ3v) is 12.4. The largest absolute Gasteiger partial charge is 0.472 e. The number of phosphoric acid groups is 1. The van der Waals surface area contributed by atoms with Gasteiger partial charge in [-0.05, 0) is 96.3 Å². The monoisotopic (exact) mass is 991 g/mol. The average Bonchev–Trinajstić information content (AvgIpc) is 3.33. The fraction of sp³-hybridized carbons (Fsp3) is 0.673. The summed E-state index contributed by atoms with van der Waals surface area (Å²) in [4.78, 5) is 35.8. The summed E-state index contributed by atoms with van der Waals surface area (Å²) < 4.78 is 33.5. The molecule has 0 aromatic heterocycles. The molecule has 0 radical (unpaired) electrons. The number of aliphatic hydroxyl groups is 5. The summed E-state index contributed by atoms with van der Waals surface area (Å²) in [5, 5.41) is 50.3. The van der Waals surface area contributed by atoms with Gasteiger partial charge >= 0.3 is 19.8 Å². The first-order valence-electron chi connectivity index (χ1n) is 26.0. The van der Waals surface area contributed by atoms with Crippen molar-refractivity contribution < 1.29 is 63.1 Å². The molecule has 1 rings (SSSR count). The van der Waals surface area contributed by atoms with Crippen LogP contribution in [0.15, 0.2) is 97.2 Å². The molecular formula is C55H91O13P. The highest BCUT2D eigenvalue weighted by Crippen LogP contribution is 2.47. The standard InChI is InChI=1S/C55H91O13P/c1-3-5-7-9-11-13-15-17-19-21-23-24-26-28-30-32-34-36-38-40-42-44-49(57)67-47(46-66-69(63,64)68-55-53(61)51(59)50(58)52(60)54(55)62)45-65-48(56)43-41-39-37-35-33-31-29-27-25-22-20-18-16-14-12-10-8-6-4-2/h12,14,18-21,24-27,30-33,36,38,47,50-55,58-62H,3-11,13,15-17,22-23,28-29,34-35,37,39-46H2,1-2H3,(H,63,64)/b14-12+,20-18+,21-19+,26-24+,27-25+,32-30+,33-31+,38-36+/t47-,50?,51-,52?,53?,54?,55?/m1/s1. The molecule has 13 nitrogen and oxygen atoms in total. The highest BCUT2D eigenvalue weighted by molar-refractivity contribution is 7.47. The fourth-order valence-electron chi connectivity index (χ4n) is 7.20. The van der Waals surface area contributed by atoms with Crippen molar-refractivity contribution in [2.45, 2.75) is 224 Å². The fourth-order valence-corrected chi connectivity index (χ4v) is 8.18. The Kier molecular flexibility index (Phi) is 40.3. The summed E-state index contributed by atoms with van der Waals surface area (Å²) >= 11 is 0. The number of hydrogen-bond acceptors (Lipinski definition) is 12. The summed E-state index contributed by atoms with van der Waals surface area (Å²) in [6.07, 6.45) is 46.0. The molecule has 0 aromatic carbocycles. The zero-order valence-corrected chi connectivity index (χ0v) is 43.0. The van der Waals surface area contributed by atoms with Crippen molar-refractivity contribution in [3.05, 3.63) is 97.2 Å². The molecule has 14 heteroatoms. The first kappa shape index (κ1) is 63.8. The van der Waals surface area contributed by atoms with Crippen LogP contribution in [0.4, 0.5) is 0 Å². The highest BCUT2D eigenvalue weighted by Gasteiger charge is 2.51. The third-order valence-electron chi connectivity index (χ3n) is 11.4. The van der Waals surface area contributed by atoms with Crippen LogP contribution in [-0.4, -0.2) is 98.3 Å². The molecule has 394 valence electrons. The SMILES string of the molecule is CCCCC/C=C/C/C=C/C/C=C/C/C=C/CCCCCC(=O)OC[C@H](COP(=O)(O)OC1C(O)C(O)C(O)[C@@H](O)C1O)OC(=O)CCC/C=C/C/C=C/C/C=C/C/C=C/CCCCCCCCC. The molecule has 0 bridgehead atoms. The highest BCUT2D eigenvalue weighted by atomic mass is 31.2. The molecule has 8 atom stereocenters. The van der Waals surface area contributed by atoms with Crippen LogP contribution in [0.2, 0.25) is 0 Å². The van der Waals surface area contributed by atoms with E-state index in [1.165, 1.54) is 64.2 Å². The lowest BCUT2D eigenvalue weighted by atomic mass is 9.85. The van der Waals surface area contributed by atoms with E-state index in [-0.39, 0.29) is 12.8 Å². The molecule has 6 N–H and O–H groups in total. The Morgan fingerprint density at radius 3 is 1.26 bits per heavy atom. The van der Waals surface area contributed by atoms with Gasteiger partial charge in [0.25, 0.3) is 0 Å². The zero-order chi connectivity index (χ0) is 50.6. The van der Waals surface area contributed by atoms with Gasteiger partial charge in [-0.15, -0.1) is 0 Å². The van der Waals surface area contributed by atoms with Gasteiger partial charge in [0.15, 0.2) is 6.10 Å². The lowest BCUT2D eigenvalue weighted by Crippen LogP contribution is -2.64. The van der Waals surface area contributed by atoms with Crippen LogP contribution in [0.25, 0.3) is 0 Å². The molecule has 0 aromatic rings. The predicted molar refractivity (Wildman–Crippen MR) is 276 cm³/mol. The van der Waals surface area contributed by atoms with E-state index in [9.17, 15) is 44.6 Å². The molecule has 0 amide bonds. The number of rotatable bonds is 42. The number of carbonyl (C=O) groups excluding carboxylic acids is 2. The Balaban J connectivity index is 2.49. The minimum Gasteiger partial charge on any atom is -0.462 e. The summed E-state index contributed by atoms with van der Waals surface area (Å²) in [5.41, 5.74) is 0. The van der Waals surface area contributed by atoms with Crippen LogP contribution in [0.5, 0.6) is 0 Å². The number of carbonyl (C=O) groups is 2. The molecule has 1 fully saturated rings. The van der Waals surface area contributed by atoms with E-state index in [0.29, 0.717) is 19.3 Å². The van der Waals surface area contributed by atoms with Crippen molar-refractivity contribution in [3.63, 3.8) is 0 Å². The first-order valence-corrected chi connectivity index (χ1v) is 27.5. The summed E-state index contributed by atoms with van der Waals surface area (Å²) in [5.74, 6) is -1.21. The Bertz CT molecular complexity index is 1570. The Labute approximate surface area is 415 Å².